The first-order valence-corrected chi connectivity index (χ1v) is 14.6. The number of carbonyl (C=O) groups is 1. The van der Waals surface area contributed by atoms with Crippen LogP contribution in [0.25, 0.3) is 0 Å². The van der Waals surface area contributed by atoms with Gasteiger partial charge in [-0.05, 0) is 25.7 Å². The average Bonchev–Trinajstić information content (AvgIpc) is 2.78. The summed E-state index contributed by atoms with van der Waals surface area (Å²) in [6.07, 6.45) is 39.0. The maximum atomic E-state index is 10.4. The number of hydrogen-bond donors (Lipinski definition) is 1. The van der Waals surface area contributed by atoms with Crippen LogP contribution < -0.4 is 0 Å². The van der Waals surface area contributed by atoms with Gasteiger partial charge in [0.1, 0.15) is 0 Å². The molecule has 0 unspecified atom stereocenters. The molecule has 0 aliphatic rings. The van der Waals surface area contributed by atoms with Crippen molar-refractivity contribution in [3.63, 3.8) is 0 Å². The molecule has 0 spiro atoms. The summed E-state index contributed by atoms with van der Waals surface area (Å²) in [7, 11) is 0. The number of carboxylic acid groups (broad SMARTS) is 1. The Balaban J connectivity index is 3.03. The molecule has 0 heterocycles. The fraction of sp³-hybridized carbons (Fsp3) is 0.900. The van der Waals surface area contributed by atoms with E-state index in [1.54, 1.807) is 0 Å². The van der Waals surface area contributed by atoms with E-state index in [0.29, 0.717) is 6.42 Å². The van der Waals surface area contributed by atoms with Crippen LogP contribution >= 0.6 is 0 Å². The van der Waals surface area contributed by atoms with Crippen LogP contribution in [-0.4, -0.2) is 11.1 Å². The van der Waals surface area contributed by atoms with Gasteiger partial charge >= 0.3 is 5.97 Å². The van der Waals surface area contributed by atoms with Crippen molar-refractivity contribution in [2.45, 2.75) is 174 Å². The molecular formula is C30H58O2. The fourth-order valence-electron chi connectivity index (χ4n) is 4.48. The van der Waals surface area contributed by atoms with Gasteiger partial charge in [-0.25, -0.2) is 0 Å². The first kappa shape index (κ1) is 31.2. The van der Waals surface area contributed by atoms with Crippen LogP contribution in [0.15, 0.2) is 12.2 Å². The summed E-state index contributed by atoms with van der Waals surface area (Å²) in [6.45, 7) is 2.25. The Hall–Kier alpha value is -0.790. The second-order valence-electron chi connectivity index (χ2n) is 9.97. The molecular weight excluding hydrogens is 392 g/mol. The number of aliphatic carboxylic acids is 1. The van der Waals surface area contributed by atoms with Crippen molar-refractivity contribution in [1.82, 2.24) is 0 Å². The maximum Gasteiger partial charge on any atom is 0.303 e. The van der Waals surface area contributed by atoms with E-state index >= 15 is 0 Å². The van der Waals surface area contributed by atoms with Crippen molar-refractivity contribution in [2.24, 2.45) is 0 Å². The highest BCUT2D eigenvalue weighted by atomic mass is 16.4. The molecule has 1 N–H and O–H groups in total. The Labute approximate surface area is 202 Å². The van der Waals surface area contributed by atoms with Gasteiger partial charge in [-0.2, -0.15) is 0 Å². The largest absolute Gasteiger partial charge is 0.481 e. The van der Waals surface area contributed by atoms with Crippen molar-refractivity contribution < 1.29 is 9.90 Å². The standard InChI is InChI=1S/C30H58O2/c1-2-3-4-5-6-7-8-9-10-11-12-13-14-15-16-17-18-19-20-21-22-23-24-25-26-27-28-29-30(31)32/h4-5H,2-3,6-29H2,1H3,(H,31,32). The predicted octanol–water partition coefficient (Wildman–Crippen LogP) is 10.8. The van der Waals surface area contributed by atoms with E-state index in [1.807, 2.05) is 0 Å². The second kappa shape index (κ2) is 28.2. The second-order valence-corrected chi connectivity index (χ2v) is 9.97. The molecule has 2 heteroatoms. The lowest BCUT2D eigenvalue weighted by atomic mass is 10.0. The Kier molecular flexibility index (Phi) is 27.5. The molecule has 0 amide bonds. The topological polar surface area (TPSA) is 37.3 Å². The number of allylic oxidation sites excluding steroid dienone is 2. The number of carboxylic acids is 1. The fourth-order valence-corrected chi connectivity index (χ4v) is 4.48. The highest BCUT2D eigenvalue weighted by Gasteiger charge is 1.97. The Bertz CT molecular complexity index is 388. The molecule has 0 aromatic rings. The Morgan fingerprint density at radius 1 is 0.469 bits per heavy atom. The lowest BCUT2D eigenvalue weighted by Gasteiger charge is -2.04. The van der Waals surface area contributed by atoms with Gasteiger partial charge in [-0.1, -0.05) is 154 Å². The molecule has 0 aliphatic carbocycles. The number of hydrogen-bond acceptors (Lipinski definition) is 1. The van der Waals surface area contributed by atoms with Gasteiger partial charge in [0.2, 0.25) is 0 Å². The smallest absolute Gasteiger partial charge is 0.303 e. The molecule has 190 valence electrons. The lowest BCUT2D eigenvalue weighted by molar-refractivity contribution is -0.137. The van der Waals surface area contributed by atoms with E-state index in [1.165, 1.54) is 148 Å². The third-order valence-electron chi connectivity index (χ3n) is 6.63. The third-order valence-corrected chi connectivity index (χ3v) is 6.63. The van der Waals surface area contributed by atoms with Crippen molar-refractivity contribution in [1.29, 1.82) is 0 Å². The minimum atomic E-state index is -0.650. The highest BCUT2D eigenvalue weighted by Crippen LogP contribution is 2.15. The summed E-state index contributed by atoms with van der Waals surface area (Å²) < 4.78 is 0. The summed E-state index contributed by atoms with van der Waals surface area (Å²) in [4.78, 5) is 10.4. The molecule has 0 aromatic carbocycles. The summed E-state index contributed by atoms with van der Waals surface area (Å²) in [6, 6.07) is 0. The summed E-state index contributed by atoms with van der Waals surface area (Å²) >= 11 is 0. The molecule has 0 saturated heterocycles. The number of unbranched alkanes of at least 4 members (excludes halogenated alkanes) is 23. The van der Waals surface area contributed by atoms with Gasteiger partial charge in [0.05, 0.1) is 0 Å². The van der Waals surface area contributed by atoms with Gasteiger partial charge in [0.15, 0.2) is 0 Å². The van der Waals surface area contributed by atoms with Gasteiger partial charge in [0.25, 0.3) is 0 Å². The van der Waals surface area contributed by atoms with Crippen LogP contribution in [0.1, 0.15) is 174 Å². The van der Waals surface area contributed by atoms with Crippen molar-refractivity contribution in [2.75, 3.05) is 0 Å². The molecule has 0 radical (unpaired) electrons. The maximum absolute atomic E-state index is 10.4. The molecule has 0 aromatic heterocycles. The molecule has 0 saturated carbocycles. The van der Waals surface area contributed by atoms with Gasteiger partial charge in [-0.3, -0.25) is 4.79 Å². The molecule has 0 atom stereocenters. The first-order chi connectivity index (χ1) is 15.8. The van der Waals surface area contributed by atoms with Crippen LogP contribution in [0.5, 0.6) is 0 Å². The van der Waals surface area contributed by atoms with Crippen molar-refractivity contribution in [3.05, 3.63) is 12.2 Å². The van der Waals surface area contributed by atoms with Crippen LogP contribution in [0.3, 0.4) is 0 Å². The Morgan fingerprint density at radius 3 is 1.06 bits per heavy atom. The van der Waals surface area contributed by atoms with Crippen molar-refractivity contribution in [3.8, 4) is 0 Å². The summed E-state index contributed by atoms with van der Waals surface area (Å²) in [5.41, 5.74) is 0. The summed E-state index contributed by atoms with van der Waals surface area (Å²) in [5.74, 6) is -0.650. The van der Waals surface area contributed by atoms with Crippen LogP contribution in [0.2, 0.25) is 0 Å². The predicted molar refractivity (Wildman–Crippen MR) is 142 cm³/mol. The quantitative estimate of drug-likeness (QED) is 0.0997. The minimum Gasteiger partial charge on any atom is -0.481 e. The van der Waals surface area contributed by atoms with E-state index in [9.17, 15) is 4.79 Å². The molecule has 0 aliphatic heterocycles. The van der Waals surface area contributed by atoms with Gasteiger partial charge < -0.3 is 5.11 Å². The van der Waals surface area contributed by atoms with E-state index in [-0.39, 0.29) is 0 Å². The SMILES string of the molecule is CCCC=CCCCCCCCCCCCCCCCCCCCCCCCCC(=O)O. The normalized spacial score (nSPS) is 11.5. The number of rotatable bonds is 27. The van der Waals surface area contributed by atoms with E-state index in [2.05, 4.69) is 19.1 Å². The average molecular weight is 451 g/mol. The van der Waals surface area contributed by atoms with Crippen molar-refractivity contribution >= 4 is 5.97 Å². The zero-order valence-corrected chi connectivity index (χ0v) is 21.9. The lowest BCUT2D eigenvalue weighted by Crippen LogP contribution is -1.93. The van der Waals surface area contributed by atoms with Gasteiger partial charge in [-0.15, -0.1) is 0 Å². The molecule has 0 fully saturated rings. The molecule has 2 nitrogen and oxygen atoms in total. The minimum absolute atomic E-state index is 0.345. The van der Waals surface area contributed by atoms with E-state index in [0.717, 1.165) is 12.8 Å². The molecule has 32 heavy (non-hydrogen) atoms. The summed E-state index contributed by atoms with van der Waals surface area (Å²) in [5, 5.41) is 8.60. The van der Waals surface area contributed by atoms with Crippen LogP contribution in [0.4, 0.5) is 0 Å². The third kappa shape index (κ3) is 29.2. The zero-order valence-electron chi connectivity index (χ0n) is 21.9. The monoisotopic (exact) mass is 450 g/mol. The molecule has 0 rings (SSSR count). The van der Waals surface area contributed by atoms with E-state index < -0.39 is 5.97 Å². The Morgan fingerprint density at radius 2 is 0.750 bits per heavy atom. The first-order valence-electron chi connectivity index (χ1n) is 14.6. The van der Waals surface area contributed by atoms with Crippen LogP contribution in [0, 0.1) is 0 Å². The van der Waals surface area contributed by atoms with Crippen LogP contribution in [-0.2, 0) is 4.79 Å². The molecule has 0 bridgehead atoms. The highest BCUT2D eigenvalue weighted by molar-refractivity contribution is 5.66. The zero-order chi connectivity index (χ0) is 23.4. The van der Waals surface area contributed by atoms with Gasteiger partial charge in [0, 0.05) is 6.42 Å². The van der Waals surface area contributed by atoms with E-state index in [4.69, 9.17) is 5.11 Å².